The van der Waals surface area contributed by atoms with Crippen LogP contribution >= 0.6 is 0 Å². The van der Waals surface area contributed by atoms with Gasteiger partial charge in [-0.15, -0.1) is 0 Å². The summed E-state index contributed by atoms with van der Waals surface area (Å²) in [6, 6.07) is 13.4. The Hall–Kier alpha value is -2.08. The lowest BCUT2D eigenvalue weighted by molar-refractivity contribution is 0.661. The fraction of sp³-hybridized carbons (Fsp3) is 0.158. The average Bonchev–Trinajstić information content (AvgIpc) is 2.75. The second-order valence-electron chi connectivity index (χ2n) is 6.01. The predicted molar refractivity (Wildman–Crippen MR) is 81.3 cm³/mol. The molecule has 19 heavy (non-hydrogen) atoms. The molecule has 0 bridgehead atoms. The molecule has 0 N–H and O–H groups in total. The summed E-state index contributed by atoms with van der Waals surface area (Å²) < 4.78 is 0. The lowest BCUT2D eigenvalue weighted by Crippen LogP contribution is -2.29. The highest BCUT2D eigenvalue weighted by molar-refractivity contribution is 5.83. The van der Waals surface area contributed by atoms with Crippen molar-refractivity contribution < 1.29 is 0 Å². The first-order valence-corrected chi connectivity index (χ1v) is 6.80. The van der Waals surface area contributed by atoms with Crippen molar-refractivity contribution in [2.75, 3.05) is 0 Å². The van der Waals surface area contributed by atoms with E-state index in [1.807, 2.05) is 0 Å². The maximum atomic E-state index is 2.37. The van der Waals surface area contributed by atoms with E-state index in [2.05, 4.69) is 74.5 Å². The molecule has 0 heterocycles. The maximum absolute atomic E-state index is 2.37. The van der Waals surface area contributed by atoms with Crippen LogP contribution in [0.2, 0.25) is 0 Å². The van der Waals surface area contributed by atoms with Gasteiger partial charge in [-0.1, -0.05) is 56.3 Å². The summed E-state index contributed by atoms with van der Waals surface area (Å²) in [5.41, 5.74) is 5.63. The number of hydrogen-bond acceptors (Lipinski definition) is 0. The van der Waals surface area contributed by atoms with Crippen LogP contribution in [0.3, 0.4) is 0 Å². The first-order valence-electron chi connectivity index (χ1n) is 6.80. The highest BCUT2D eigenvalue weighted by Gasteiger charge is 2.22. The van der Waals surface area contributed by atoms with E-state index < -0.39 is 0 Å². The summed E-state index contributed by atoms with van der Waals surface area (Å²) in [5.74, 6) is 0. The van der Waals surface area contributed by atoms with E-state index in [-0.39, 0.29) is 5.41 Å². The number of hydrogen-bond donors (Lipinski definition) is 0. The van der Waals surface area contributed by atoms with E-state index in [0.717, 1.165) is 0 Å². The van der Waals surface area contributed by atoms with Crippen LogP contribution in [0.1, 0.15) is 25.0 Å². The third kappa shape index (κ3) is 1.46. The van der Waals surface area contributed by atoms with Crippen LogP contribution in [0.5, 0.6) is 0 Å². The van der Waals surface area contributed by atoms with Crippen molar-refractivity contribution in [3.8, 4) is 11.1 Å². The van der Waals surface area contributed by atoms with Crippen LogP contribution in [0.4, 0.5) is 0 Å². The van der Waals surface area contributed by atoms with Crippen LogP contribution < -0.4 is 10.4 Å². The molecule has 0 heteroatoms. The van der Waals surface area contributed by atoms with Crippen molar-refractivity contribution in [2.45, 2.75) is 19.3 Å². The minimum Gasteiger partial charge on any atom is -0.0744 e. The number of allylic oxidation sites excluding steroid dienone is 2. The van der Waals surface area contributed by atoms with Crippen molar-refractivity contribution in [1.29, 1.82) is 0 Å². The van der Waals surface area contributed by atoms with Crippen LogP contribution in [-0.4, -0.2) is 0 Å². The van der Waals surface area contributed by atoms with Crippen molar-refractivity contribution >= 4 is 12.2 Å². The van der Waals surface area contributed by atoms with E-state index in [9.17, 15) is 0 Å². The van der Waals surface area contributed by atoms with Crippen molar-refractivity contribution in [3.63, 3.8) is 0 Å². The van der Waals surface area contributed by atoms with Crippen LogP contribution in [0.15, 0.2) is 48.6 Å². The van der Waals surface area contributed by atoms with Gasteiger partial charge in [0.25, 0.3) is 0 Å². The SMILES string of the molecule is CC1(C)C=CC=c2cc3c(cc21)=Cc1ccccc1-3. The Kier molecular flexibility index (Phi) is 1.98. The monoisotopic (exact) mass is 244 g/mol. The Morgan fingerprint density at radius 2 is 1.74 bits per heavy atom. The number of fused-ring (bicyclic) bond motifs is 4. The molecule has 2 aromatic rings. The highest BCUT2D eigenvalue weighted by Crippen LogP contribution is 2.29. The molecule has 92 valence electrons. The minimum atomic E-state index is 0.127. The normalized spacial score (nSPS) is 16.9. The summed E-state index contributed by atoms with van der Waals surface area (Å²) in [6.07, 6.45) is 8.99. The standard InChI is InChI=1S/C19H16/c1-19(2)9-5-7-14-11-17-15(12-18(14)19)10-13-6-3-4-8-16(13)17/h3-12H,1-2H3. The lowest BCUT2D eigenvalue weighted by atomic mass is 9.80. The zero-order valence-corrected chi connectivity index (χ0v) is 11.3. The van der Waals surface area contributed by atoms with Gasteiger partial charge < -0.3 is 0 Å². The molecule has 0 saturated heterocycles. The molecular formula is C19H16. The van der Waals surface area contributed by atoms with Gasteiger partial charge in [0.15, 0.2) is 0 Å². The lowest BCUT2D eigenvalue weighted by Gasteiger charge is -2.24. The van der Waals surface area contributed by atoms with E-state index in [1.165, 1.54) is 32.7 Å². The highest BCUT2D eigenvalue weighted by atomic mass is 14.3. The van der Waals surface area contributed by atoms with Crippen molar-refractivity contribution in [3.05, 3.63) is 70.1 Å². The van der Waals surface area contributed by atoms with Gasteiger partial charge >= 0.3 is 0 Å². The smallest absolute Gasteiger partial charge is 0.00845 e. The zero-order valence-electron chi connectivity index (χ0n) is 11.3. The van der Waals surface area contributed by atoms with E-state index in [1.54, 1.807) is 0 Å². The molecule has 2 aliphatic carbocycles. The molecule has 4 rings (SSSR count). The van der Waals surface area contributed by atoms with Gasteiger partial charge in [0.2, 0.25) is 0 Å². The van der Waals surface area contributed by atoms with Gasteiger partial charge in [0.05, 0.1) is 0 Å². The number of rotatable bonds is 0. The largest absolute Gasteiger partial charge is 0.0744 e. The zero-order chi connectivity index (χ0) is 13.0. The predicted octanol–water partition coefficient (Wildman–Crippen LogP) is 3.12. The first-order chi connectivity index (χ1) is 9.15. The maximum Gasteiger partial charge on any atom is 0.00845 e. The fourth-order valence-electron chi connectivity index (χ4n) is 3.20. The quantitative estimate of drug-likeness (QED) is 0.570. The summed E-state index contributed by atoms with van der Waals surface area (Å²) in [5, 5.41) is 2.72. The topological polar surface area (TPSA) is 0 Å². The molecule has 0 aromatic heterocycles. The molecule has 2 aromatic carbocycles. The molecular weight excluding hydrogens is 228 g/mol. The number of benzene rings is 2. The molecule has 0 radical (unpaired) electrons. The molecule has 0 spiro atoms. The van der Waals surface area contributed by atoms with Gasteiger partial charge in [-0.3, -0.25) is 0 Å². The molecule has 0 fully saturated rings. The summed E-state index contributed by atoms with van der Waals surface area (Å²) in [4.78, 5) is 0. The Morgan fingerprint density at radius 1 is 0.895 bits per heavy atom. The molecule has 0 saturated carbocycles. The van der Waals surface area contributed by atoms with Crippen LogP contribution in [-0.2, 0) is 5.41 Å². The van der Waals surface area contributed by atoms with Crippen LogP contribution in [0, 0.1) is 0 Å². The van der Waals surface area contributed by atoms with Gasteiger partial charge in [-0.25, -0.2) is 0 Å². The van der Waals surface area contributed by atoms with E-state index in [0.29, 0.717) is 0 Å². The molecule has 0 atom stereocenters. The Bertz CT molecular complexity index is 833. The molecule has 0 nitrogen and oxygen atoms in total. The summed E-state index contributed by atoms with van der Waals surface area (Å²) >= 11 is 0. The first kappa shape index (κ1) is 10.8. The minimum absolute atomic E-state index is 0.127. The summed E-state index contributed by atoms with van der Waals surface area (Å²) in [6.45, 7) is 4.56. The van der Waals surface area contributed by atoms with Gasteiger partial charge in [-0.2, -0.15) is 0 Å². The van der Waals surface area contributed by atoms with Gasteiger partial charge in [-0.05, 0) is 50.9 Å². The van der Waals surface area contributed by atoms with E-state index in [4.69, 9.17) is 0 Å². The van der Waals surface area contributed by atoms with Crippen molar-refractivity contribution in [2.24, 2.45) is 0 Å². The second-order valence-corrected chi connectivity index (χ2v) is 6.01. The van der Waals surface area contributed by atoms with Gasteiger partial charge in [0, 0.05) is 5.41 Å². The molecule has 2 aliphatic rings. The Morgan fingerprint density at radius 3 is 2.63 bits per heavy atom. The molecule has 0 amide bonds. The third-order valence-corrected chi connectivity index (χ3v) is 4.27. The van der Waals surface area contributed by atoms with E-state index >= 15 is 0 Å². The van der Waals surface area contributed by atoms with Crippen molar-refractivity contribution in [1.82, 2.24) is 0 Å². The second kappa shape index (κ2) is 3.48. The third-order valence-electron chi connectivity index (χ3n) is 4.27. The molecule has 0 aliphatic heterocycles. The van der Waals surface area contributed by atoms with Gasteiger partial charge in [0.1, 0.15) is 0 Å². The fourth-order valence-corrected chi connectivity index (χ4v) is 3.20. The average molecular weight is 244 g/mol. The Labute approximate surface area is 113 Å². The molecule has 0 unspecified atom stereocenters. The Balaban J connectivity index is 2.09. The summed E-state index contributed by atoms with van der Waals surface area (Å²) in [7, 11) is 0. The van der Waals surface area contributed by atoms with Crippen LogP contribution in [0.25, 0.3) is 23.3 Å².